The Bertz CT molecular complexity index is 1330. The Morgan fingerprint density at radius 3 is 2.84 bits per heavy atom. The minimum atomic E-state index is -4.64. The van der Waals surface area contributed by atoms with Crippen LogP contribution >= 0.6 is 11.6 Å². The highest BCUT2D eigenvalue weighted by atomic mass is 35.5. The van der Waals surface area contributed by atoms with Crippen molar-refractivity contribution in [1.82, 2.24) is 10.7 Å². The Labute approximate surface area is 215 Å². The fraction of sp³-hybridized carbons (Fsp3) is 0.320. The molecule has 2 aromatic carbocycles. The van der Waals surface area contributed by atoms with Crippen molar-refractivity contribution < 1.29 is 22.7 Å². The molecule has 5 unspecified atom stereocenters. The maximum Gasteiger partial charge on any atom is 0.411 e. The Kier molecular flexibility index (Phi) is 6.59. The third-order valence-electron chi connectivity index (χ3n) is 6.66. The number of hydrogen-bond acceptors (Lipinski definition) is 7. The van der Waals surface area contributed by atoms with Crippen LogP contribution in [0.3, 0.4) is 0 Å². The molecule has 194 valence electrons. The van der Waals surface area contributed by atoms with Crippen LogP contribution in [-0.4, -0.2) is 55.2 Å². The highest BCUT2D eigenvalue weighted by Crippen LogP contribution is 2.44. The molecule has 0 fully saturated rings. The van der Waals surface area contributed by atoms with Gasteiger partial charge in [0, 0.05) is 59.5 Å². The zero-order chi connectivity index (χ0) is 26.3. The topological polar surface area (TPSA) is 90.4 Å². The van der Waals surface area contributed by atoms with Gasteiger partial charge in [-0.15, -0.1) is 11.6 Å². The Morgan fingerprint density at radius 1 is 1.27 bits per heavy atom. The van der Waals surface area contributed by atoms with Gasteiger partial charge in [-0.1, -0.05) is 18.7 Å². The largest absolute Gasteiger partial charge is 0.411 e. The van der Waals surface area contributed by atoms with Crippen LogP contribution in [-0.2, 0) is 4.74 Å². The molecule has 5 rings (SSSR count). The van der Waals surface area contributed by atoms with Crippen LogP contribution in [0.1, 0.15) is 16.8 Å². The van der Waals surface area contributed by atoms with E-state index in [4.69, 9.17) is 16.3 Å². The molecule has 3 heterocycles. The maximum atomic E-state index is 14.5. The van der Waals surface area contributed by atoms with Gasteiger partial charge in [-0.05, 0) is 30.7 Å². The number of halogens is 4. The number of hydrogen-bond donors (Lipinski definition) is 3. The molecule has 0 radical (unpaired) electrons. The minimum absolute atomic E-state index is 0.146. The zero-order valence-electron chi connectivity index (χ0n) is 19.7. The molecule has 3 aliphatic heterocycles. The molecular formula is C25H24ClF3N6O2. The molecule has 0 aliphatic carbocycles. The van der Waals surface area contributed by atoms with E-state index < -0.39 is 35.7 Å². The van der Waals surface area contributed by atoms with E-state index in [0.29, 0.717) is 28.4 Å². The van der Waals surface area contributed by atoms with Gasteiger partial charge in [0.15, 0.2) is 6.04 Å². The van der Waals surface area contributed by atoms with Gasteiger partial charge >= 0.3 is 6.18 Å². The number of hydrazone groups is 2. The number of ether oxygens (including phenoxy) is 1. The lowest BCUT2D eigenvalue weighted by Gasteiger charge is -2.32. The standard InChI is InChI=1S/C25H24ClF3N6O2/c1-13(33-14-8-9-30-31-12-18(26)21(10-14)37-2)17-11-32-35(23(17)25(27,28)29)20-7-6-19-22-15(20)4-3-5-16(22)24(36)34-19/h3-9,11-12,14,17-18,21,23,30,33H,1,10H2,2H3,(H,34,36)/b9-8-,31-12-. The number of methoxy groups -OCH3 is 1. The number of nitrogens with one attached hydrogen (secondary N) is 3. The van der Waals surface area contributed by atoms with Gasteiger partial charge in [-0.25, -0.2) is 0 Å². The first-order chi connectivity index (χ1) is 17.7. The monoisotopic (exact) mass is 532 g/mol. The second kappa shape index (κ2) is 9.71. The van der Waals surface area contributed by atoms with Crippen molar-refractivity contribution in [3.8, 4) is 0 Å². The quantitative estimate of drug-likeness (QED) is 0.498. The Morgan fingerprint density at radius 2 is 2.08 bits per heavy atom. The van der Waals surface area contributed by atoms with Crippen LogP contribution in [0.25, 0.3) is 10.8 Å². The summed E-state index contributed by atoms with van der Waals surface area (Å²) >= 11 is 6.32. The number of amides is 1. The Balaban J connectivity index is 1.44. The van der Waals surface area contributed by atoms with Crippen molar-refractivity contribution in [2.45, 2.75) is 36.2 Å². The molecule has 12 heteroatoms. The highest BCUT2D eigenvalue weighted by Gasteiger charge is 2.52. The van der Waals surface area contributed by atoms with Crippen molar-refractivity contribution in [3.63, 3.8) is 0 Å². The van der Waals surface area contributed by atoms with Crippen molar-refractivity contribution in [1.29, 1.82) is 0 Å². The second-order valence-electron chi connectivity index (χ2n) is 8.93. The van der Waals surface area contributed by atoms with E-state index in [2.05, 4.69) is 32.8 Å². The number of benzene rings is 2. The lowest BCUT2D eigenvalue weighted by atomic mass is 9.95. The average molecular weight is 533 g/mol. The number of carbonyl (C=O) groups excluding carboxylic acids is 1. The van der Waals surface area contributed by atoms with Crippen molar-refractivity contribution in [2.24, 2.45) is 16.1 Å². The fourth-order valence-electron chi connectivity index (χ4n) is 4.90. The first-order valence-corrected chi connectivity index (χ1v) is 12.0. The smallest absolute Gasteiger partial charge is 0.382 e. The van der Waals surface area contributed by atoms with E-state index in [-0.39, 0.29) is 17.3 Å². The van der Waals surface area contributed by atoms with Gasteiger partial charge in [-0.3, -0.25) is 15.2 Å². The van der Waals surface area contributed by atoms with E-state index in [9.17, 15) is 18.0 Å². The summed E-state index contributed by atoms with van der Waals surface area (Å²) < 4.78 is 49.0. The molecule has 37 heavy (non-hydrogen) atoms. The summed E-state index contributed by atoms with van der Waals surface area (Å²) in [5.74, 6) is -1.47. The molecule has 3 aliphatic rings. The van der Waals surface area contributed by atoms with E-state index in [1.165, 1.54) is 25.6 Å². The van der Waals surface area contributed by atoms with Gasteiger partial charge in [0.05, 0.1) is 23.1 Å². The average Bonchev–Trinajstić information content (AvgIpc) is 3.46. The van der Waals surface area contributed by atoms with Gasteiger partial charge in [0.25, 0.3) is 5.91 Å². The summed E-state index contributed by atoms with van der Waals surface area (Å²) in [6.07, 6.45) is 1.34. The van der Waals surface area contributed by atoms with Crippen LogP contribution in [0.4, 0.5) is 24.5 Å². The summed E-state index contributed by atoms with van der Waals surface area (Å²) in [4.78, 5) is 12.3. The van der Waals surface area contributed by atoms with E-state index in [1.54, 1.807) is 36.5 Å². The Hall–Kier alpha value is -3.57. The third kappa shape index (κ3) is 4.64. The van der Waals surface area contributed by atoms with Gasteiger partial charge < -0.3 is 15.4 Å². The van der Waals surface area contributed by atoms with E-state index >= 15 is 0 Å². The zero-order valence-corrected chi connectivity index (χ0v) is 20.4. The molecule has 0 saturated heterocycles. The number of carbonyl (C=O) groups is 1. The third-order valence-corrected chi connectivity index (χ3v) is 7.05. The van der Waals surface area contributed by atoms with Gasteiger partial charge in [0.1, 0.15) is 0 Å². The molecule has 5 atom stereocenters. The second-order valence-corrected chi connectivity index (χ2v) is 9.44. The summed E-state index contributed by atoms with van der Waals surface area (Å²) in [6.45, 7) is 3.94. The number of anilines is 2. The maximum absolute atomic E-state index is 14.5. The van der Waals surface area contributed by atoms with Crippen molar-refractivity contribution >= 4 is 52.1 Å². The summed E-state index contributed by atoms with van der Waals surface area (Å²) in [6, 6.07) is 5.68. The lowest BCUT2D eigenvalue weighted by molar-refractivity contribution is -0.151. The van der Waals surface area contributed by atoms with Crippen LogP contribution < -0.4 is 21.1 Å². The van der Waals surface area contributed by atoms with Crippen molar-refractivity contribution in [3.05, 3.63) is 60.4 Å². The van der Waals surface area contributed by atoms with Gasteiger partial charge in [0.2, 0.25) is 0 Å². The molecule has 1 amide bonds. The van der Waals surface area contributed by atoms with E-state index in [1.807, 2.05) is 0 Å². The minimum Gasteiger partial charge on any atom is -0.382 e. The normalized spacial score (nSPS) is 28.7. The van der Waals surface area contributed by atoms with Crippen LogP contribution in [0, 0.1) is 5.92 Å². The SMILES string of the molecule is C=C(NC1/C=C\N/N=C\C(Cl)C(OC)C1)C1C=NN(c2ccc3c4c(cccc24)C(=O)N3)C1C(F)(F)F. The molecule has 0 bridgehead atoms. The summed E-state index contributed by atoms with van der Waals surface area (Å²) in [5, 5.41) is 15.5. The molecule has 0 aromatic heterocycles. The van der Waals surface area contributed by atoms with Crippen LogP contribution in [0.5, 0.6) is 0 Å². The number of rotatable bonds is 5. The van der Waals surface area contributed by atoms with E-state index in [0.717, 1.165) is 5.01 Å². The fourth-order valence-corrected chi connectivity index (χ4v) is 5.16. The molecule has 3 N–H and O–H groups in total. The number of nitrogens with zero attached hydrogens (tertiary/aromatic N) is 3. The summed E-state index contributed by atoms with van der Waals surface area (Å²) in [7, 11) is 1.51. The molecule has 8 nitrogen and oxygen atoms in total. The van der Waals surface area contributed by atoms with Crippen LogP contribution in [0.15, 0.2) is 65.1 Å². The van der Waals surface area contributed by atoms with Crippen LogP contribution in [0.2, 0.25) is 0 Å². The first-order valence-electron chi connectivity index (χ1n) is 11.5. The lowest BCUT2D eigenvalue weighted by Crippen LogP contribution is -2.48. The molecule has 0 spiro atoms. The molecular weight excluding hydrogens is 509 g/mol. The predicted molar refractivity (Wildman–Crippen MR) is 138 cm³/mol. The van der Waals surface area contributed by atoms with Gasteiger partial charge in [-0.2, -0.15) is 23.4 Å². The first kappa shape index (κ1) is 25.1. The highest BCUT2D eigenvalue weighted by molar-refractivity contribution is 6.28. The predicted octanol–water partition coefficient (Wildman–Crippen LogP) is 4.35. The van der Waals surface area contributed by atoms with Crippen molar-refractivity contribution in [2.75, 3.05) is 17.4 Å². The molecule has 0 saturated carbocycles. The molecule has 2 aromatic rings. The number of alkyl halides is 4. The summed E-state index contributed by atoms with van der Waals surface area (Å²) in [5.41, 5.74) is 4.08.